The molecule has 2 atom stereocenters. The highest BCUT2D eigenvalue weighted by atomic mass is 19.3. The first-order valence-corrected chi connectivity index (χ1v) is 11.6. The van der Waals surface area contributed by atoms with Crippen molar-refractivity contribution >= 4 is 17.5 Å². The first-order valence-electron chi connectivity index (χ1n) is 11.6. The molecule has 1 aliphatic heterocycles. The second kappa shape index (κ2) is 11.6. The van der Waals surface area contributed by atoms with Gasteiger partial charge in [-0.2, -0.15) is 8.78 Å². The summed E-state index contributed by atoms with van der Waals surface area (Å²) in [6.45, 7) is -3.82. The number of methoxy groups -OCH3 is 1. The molecule has 3 aromatic rings. The fourth-order valence-electron chi connectivity index (χ4n) is 4.43. The third kappa shape index (κ3) is 5.72. The van der Waals surface area contributed by atoms with Crippen LogP contribution in [0, 0.1) is 11.6 Å². The third-order valence-electron chi connectivity index (χ3n) is 6.23. The van der Waals surface area contributed by atoms with Gasteiger partial charge in [0.2, 0.25) is 5.91 Å². The molecule has 2 aromatic carbocycles. The predicted molar refractivity (Wildman–Crippen MR) is 130 cm³/mol. The number of amides is 2. The number of pyridine rings is 1. The third-order valence-corrected chi connectivity index (χ3v) is 6.23. The summed E-state index contributed by atoms with van der Waals surface area (Å²) in [5, 5.41) is 11.7. The number of carbonyl (C=O) groups excluding carboxylic acids is 2. The van der Waals surface area contributed by atoms with E-state index in [2.05, 4.69) is 10.1 Å². The maximum absolute atomic E-state index is 15.1. The highest BCUT2D eigenvalue weighted by Gasteiger charge is 2.46. The molecule has 1 aliphatic rings. The molecule has 39 heavy (non-hydrogen) atoms. The van der Waals surface area contributed by atoms with E-state index in [1.54, 1.807) is 0 Å². The number of nitrogens with one attached hydrogen (secondary N) is 1. The molecular weight excluding hydrogens is 526 g/mol. The Kier molecular flexibility index (Phi) is 8.19. The van der Waals surface area contributed by atoms with Crippen molar-refractivity contribution in [3.63, 3.8) is 0 Å². The Balaban J connectivity index is 1.72. The first-order chi connectivity index (χ1) is 18.6. The smallest absolute Gasteiger partial charge is 0.387 e. The van der Waals surface area contributed by atoms with E-state index in [-0.39, 0.29) is 42.4 Å². The van der Waals surface area contributed by atoms with Gasteiger partial charge in [0.25, 0.3) is 11.5 Å². The quantitative estimate of drug-likeness (QED) is 0.398. The van der Waals surface area contributed by atoms with E-state index in [9.17, 15) is 28.3 Å². The fraction of sp³-hybridized carbons (Fsp3) is 0.269. The monoisotopic (exact) mass is 549 g/mol. The van der Waals surface area contributed by atoms with Gasteiger partial charge in [0, 0.05) is 48.5 Å². The highest BCUT2D eigenvalue weighted by molar-refractivity contribution is 6.05. The number of rotatable bonds is 9. The van der Waals surface area contributed by atoms with Crippen LogP contribution in [0.25, 0.3) is 0 Å². The van der Waals surface area contributed by atoms with Crippen molar-refractivity contribution in [1.29, 1.82) is 0 Å². The Morgan fingerprint density at radius 3 is 2.36 bits per heavy atom. The van der Waals surface area contributed by atoms with E-state index in [1.165, 1.54) is 42.1 Å². The Morgan fingerprint density at radius 2 is 1.77 bits per heavy atom. The van der Waals surface area contributed by atoms with Crippen molar-refractivity contribution < 1.29 is 41.7 Å². The average Bonchev–Trinajstić information content (AvgIpc) is 3.20. The van der Waals surface area contributed by atoms with E-state index in [1.807, 2.05) is 0 Å². The summed E-state index contributed by atoms with van der Waals surface area (Å²) in [5.74, 6) is -5.25. The van der Waals surface area contributed by atoms with Crippen molar-refractivity contribution in [3.05, 3.63) is 87.8 Å². The zero-order valence-corrected chi connectivity index (χ0v) is 20.4. The van der Waals surface area contributed by atoms with Gasteiger partial charge in [-0.25, -0.2) is 8.78 Å². The molecule has 2 N–H and O–H groups in total. The number of nitrogens with zero attached hydrogens (tertiary/aromatic N) is 2. The summed E-state index contributed by atoms with van der Waals surface area (Å²) in [6, 6.07) is 7.78. The number of aliphatic hydroxyl groups excluding tert-OH is 1. The minimum absolute atomic E-state index is 0.0395. The topological polar surface area (TPSA) is 110 Å². The van der Waals surface area contributed by atoms with E-state index < -0.39 is 53.1 Å². The van der Waals surface area contributed by atoms with Crippen LogP contribution < -0.4 is 25.2 Å². The van der Waals surface area contributed by atoms with Crippen molar-refractivity contribution in [2.24, 2.45) is 0 Å². The van der Waals surface area contributed by atoms with Crippen LogP contribution in [0.5, 0.6) is 11.5 Å². The lowest BCUT2D eigenvalue weighted by Crippen LogP contribution is -2.44. The zero-order chi connectivity index (χ0) is 28.3. The second-order valence-corrected chi connectivity index (χ2v) is 8.53. The number of halogens is 4. The summed E-state index contributed by atoms with van der Waals surface area (Å²) in [4.78, 5) is 40.5. The Hall–Kier alpha value is -4.39. The van der Waals surface area contributed by atoms with Gasteiger partial charge in [-0.05, 0) is 36.4 Å². The maximum atomic E-state index is 15.1. The fourth-order valence-corrected chi connectivity index (χ4v) is 4.43. The predicted octanol–water partition coefficient (Wildman–Crippen LogP) is 2.66. The zero-order valence-electron chi connectivity index (χ0n) is 20.4. The van der Waals surface area contributed by atoms with E-state index in [4.69, 9.17) is 4.74 Å². The molecule has 1 aromatic heterocycles. The SMILES string of the molecule is COc1cc(F)c([C@@H]2CN(c3cccn(CCO)c3=O)C(=O)[C@H]2NC(=O)c2ccc(OC(F)F)cc2)c(F)c1. The molecule has 2 amide bonds. The molecule has 0 spiro atoms. The molecule has 0 bridgehead atoms. The van der Waals surface area contributed by atoms with Crippen molar-refractivity contribution in [2.45, 2.75) is 25.1 Å². The van der Waals surface area contributed by atoms with Gasteiger partial charge < -0.3 is 29.4 Å². The average molecular weight is 549 g/mol. The lowest BCUT2D eigenvalue weighted by Gasteiger charge is -2.20. The molecule has 0 saturated carbocycles. The van der Waals surface area contributed by atoms with Crippen LogP contribution in [0.4, 0.5) is 23.2 Å². The Labute approximate surface area is 219 Å². The number of aliphatic hydroxyl groups is 1. The number of carbonyl (C=O) groups is 2. The number of aromatic nitrogens is 1. The molecule has 1 fully saturated rings. The molecule has 2 heterocycles. The molecule has 0 radical (unpaired) electrons. The van der Waals surface area contributed by atoms with Gasteiger partial charge in [-0.1, -0.05) is 0 Å². The van der Waals surface area contributed by atoms with Crippen LogP contribution in [0.15, 0.2) is 59.5 Å². The molecule has 206 valence electrons. The van der Waals surface area contributed by atoms with Crippen LogP contribution >= 0.6 is 0 Å². The molecular formula is C26H23F4N3O6. The number of alkyl halides is 2. The van der Waals surface area contributed by atoms with Gasteiger partial charge in [-0.15, -0.1) is 0 Å². The van der Waals surface area contributed by atoms with Crippen molar-refractivity contribution in [2.75, 3.05) is 25.2 Å². The van der Waals surface area contributed by atoms with E-state index in [0.717, 1.165) is 29.2 Å². The number of benzene rings is 2. The first kappa shape index (κ1) is 27.6. The number of ether oxygens (including phenoxy) is 2. The van der Waals surface area contributed by atoms with Crippen LogP contribution in [-0.2, 0) is 11.3 Å². The summed E-state index contributed by atoms with van der Waals surface area (Å²) in [5.41, 5.74) is -1.28. The summed E-state index contributed by atoms with van der Waals surface area (Å²) < 4.78 is 65.4. The maximum Gasteiger partial charge on any atom is 0.387 e. The van der Waals surface area contributed by atoms with Crippen LogP contribution in [0.2, 0.25) is 0 Å². The molecule has 1 saturated heterocycles. The number of hydrogen-bond donors (Lipinski definition) is 2. The standard InChI is InChI=1S/C26H23F4N3O6/c1-38-16-11-18(27)21(19(28)12-16)17-13-33(20-3-2-8-32(9-10-34)24(20)36)25(37)22(17)31-23(35)14-4-6-15(7-5-14)39-26(29)30/h2-8,11-12,17,22,26,34H,9-10,13H2,1H3,(H,31,35)/t17-,22-/m0/s1. The van der Waals surface area contributed by atoms with Crippen LogP contribution in [-0.4, -0.2) is 54.4 Å². The van der Waals surface area contributed by atoms with Gasteiger partial charge >= 0.3 is 6.61 Å². The summed E-state index contributed by atoms with van der Waals surface area (Å²) in [6.07, 6.45) is 1.41. The molecule has 4 rings (SSSR count). The molecule has 0 aliphatic carbocycles. The number of hydrogen-bond acceptors (Lipinski definition) is 6. The van der Waals surface area contributed by atoms with Gasteiger partial charge in [-0.3, -0.25) is 14.4 Å². The van der Waals surface area contributed by atoms with Crippen molar-refractivity contribution in [3.8, 4) is 11.5 Å². The van der Waals surface area contributed by atoms with E-state index >= 15 is 8.78 Å². The van der Waals surface area contributed by atoms with Gasteiger partial charge in [0.1, 0.15) is 34.9 Å². The molecule has 9 nitrogen and oxygen atoms in total. The summed E-state index contributed by atoms with van der Waals surface area (Å²) in [7, 11) is 1.22. The van der Waals surface area contributed by atoms with Gasteiger partial charge in [0.15, 0.2) is 0 Å². The molecule has 13 heteroatoms. The normalized spacial score (nSPS) is 17.0. The highest BCUT2D eigenvalue weighted by Crippen LogP contribution is 2.36. The lowest BCUT2D eigenvalue weighted by molar-refractivity contribution is -0.118. The van der Waals surface area contributed by atoms with Crippen LogP contribution in [0.1, 0.15) is 21.8 Å². The minimum atomic E-state index is -3.07. The van der Waals surface area contributed by atoms with Crippen LogP contribution in [0.3, 0.4) is 0 Å². The largest absolute Gasteiger partial charge is 0.497 e. The lowest BCUT2D eigenvalue weighted by atomic mass is 9.92. The molecule has 0 unspecified atom stereocenters. The Bertz CT molecular complexity index is 1410. The minimum Gasteiger partial charge on any atom is -0.497 e. The van der Waals surface area contributed by atoms with E-state index in [0.29, 0.717) is 0 Å². The van der Waals surface area contributed by atoms with Crippen molar-refractivity contribution in [1.82, 2.24) is 9.88 Å². The second-order valence-electron chi connectivity index (χ2n) is 8.53. The number of anilines is 1. The van der Waals surface area contributed by atoms with Gasteiger partial charge in [0.05, 0.1) is 13.7 Å². The summed E-state index contributed by atoms with van der Waals surface area (Å²) >= 11 is 0. The Morgan fingerprint density at radius 1 is 1.10 bits per heavy atom.